The molecule has 0 spiro atoms. The molecule has 0 fully saturated rings. The Kier molecular flexibility index (Phi) is 5.81. The number of rotatable bonds is 3. The number of cyclic esters (lactones) is 1. The molecule has 1 heterocycles. The van der Waals surface area contributed by atoms with Crippen LogP contribution < -0.4 is 0 Å². The molecule has 3 nitrogen and oxygen atoms in total. The number of benzene rings is 3. The van der Waals surface area contributed by atoms with Gasteiger partial charge in [-0.25, -0.2) is 4.79 Å². The van der Waals surface area contributed by atoms with Crippen LogP contribution >= 0.6 is 46.4 Å². The lowest BCUT2D eigenvalue weighted by atomic mass is 10.0. The minimum Gasteiger partial charge on any atom is -0.504 e. The molecule has 0 unspecified atom stereocenters. The smallest absolute Gasteiger partial charge is 0.348 e. The maximum atomic E-state index is 12.3. The molecule has 0 saturated heterocycles. The Hall–Kier alpha value is -2.43. The zero-order chi connectivity index (χ0) is 21.4. The Labute approximate surface area is 192 Å². The largest absolute Gasteiger partial charge is 0.504 e. The van der Waals surface area contributed by atoms with Crippen LogP contribution in [0.2, 0.25) is 20.1 Å². The van der Waals surface area contributed by atoms with Gasteiger partial charge in [-0.2, -0.15) is 0 Å². The maximum absolute atomic E-state index is 12.3. The highest BCUT2D eigenvalue weighted by molar-refractivity contribution is 6.36. The van der Waals surface area contributed by atoms with E-state index in [1.54, 1.807) is 12.1 Å². The number of halogens is 4. The van der Waals surface area contributed by atoms with Gasteiger partial charge >= 0.3 is 5.97 Å². The van der Waals surface area contributed by atoms with Crippen molar-refractivity contribution in [1.82, 2.24) is 0 Å². The van der Waals surface area contributed by atoms with Crippen molar-refractivity contribution in [2.24, 2.45) is 0 Å². The highest BCUT2D eigenvalue weighted by Crippen LogP contribution is 2.35. The first-order chi connectivity index (χ1) is 14.3. The number of esters is 1. The van der Waals surface area contributed by atoms with Crippen molar-refractivity contribution in [2.45, 2.75) is 0 Å². The van der Waals surface area contributed by atoms with Gasteiger partial charge in [-0.1, -0.05) is 70.7 Å². The summed E-state index contributed by atoms with van der Waals surface area (Å²) in [6.45, 7) is 0. The summed E-state index contributed by atoms with van der Waals surface area (Å²) < 4.78 is 5.25. The number of aliphatic hydroxyl groups excluding tert-OH is 1. The van der Waals surface area contributed by atoms with Crippen LogP contribution in [-0.4, -0.2) is 11.1 Å². The first-order valence-corrected chi connectivity index (χ1v) is 10.2. The van der Waals surface area contributed by atoms with Gasteiger partial charge in [0.2, 0.25) is 0 Å². The molecular weight excluding hydrogens is 466 g/mol. The van der Waals surface area contributed by atoms with Crippen molar-refractivity contribution in [2.75, 3.05) is 0 Å². The Morgan fingerprint density at radius 3 is 1.73 bits per heavy atom. The number of hydrogen-bond donors (Lipinski definition) is 1. The summed E-state index contributed by atoms with van der Waals surface area (Å²) in [5.74, 6) is -0.907. The van der Waals surface area contributed by atoms with Crippen LogP contribution in [0.5, 0.6) is 0 Å². The first kappa shape index (κ1) is 20.8. The molecule has 4 rings (SSSR count). The van der Waals surface area contributed by atoms with Crippen LogP contribution in [0.3, 0.4) is 0 Å². The minimum absolute atomic E-state index is 0.0100. The molecular formula is C23H12Cl4O3. The van der Waals surface area contributed by atoms with Gasteiger partial charge in [-0.3, -0.25) is 0 Å². The summed E-state index contributed by atoms with van der Waals surface area (Å²) in [5.41, 5.74) is 2.91. The topological polar surface area (TPSA) is 46.5 Å². The number of carbonyl (C=O) groups is 1. The molecule has 1 aliphatic rings. The Bertz CT molecular complexity index is 1190. The van der Waals surface area contributed by atoms with Gasteiger partial charge < -0.3 is 9.84 Å². The molecule has 0 amide bonds. The number of ether oxygens (including phenoxy) is 1. The van der Waals surface area contributed by atoms with Crippen LogP contribution in [-0.2, 0) is 9.53 Å². The zero-order valence-corrected chi connectivity index (χ0v) is 18.2. The maximum Gasteiger partial charge on any atom is 0.348 e. The lowest BCUT2D eigenvalue weighted by Crippen LogP contribution is -1.98. The van der Waals surface area contributed by atoms with Gasteiger partial charge in [-0.05, 0) is 64.7 Å². The zero-order valence-electron chi connectivity index (χ0n) is 15.1. The normalized spacial score (nSPS) is 15.1. The van der Waals surface area contributed by atoms with Crippen molar-refractivity contribution in [3.63, 3.8) is 0 Å². The molecule has 0 aliphatic carbocycles. The van der Waals surface area contributed by atoms with E-state index in [0.717, 1.165) is 16.7 Å². The number of aliphatic hydroxyl groups is 1. The van der Waals surface area contributed by atoms with E-state index < -0.39 is 5.97 Å². The molecule has 1 aliphatic heterocycles. The average molecular weight is 478 g/mol. The summed E-state index contributed by atoms with van der Waals surface area (Å²) >= 11 is 24.1. The van der Waals surface area contributed by atoms with E-state index in [4.69, 9.17) is 51.1 Å². The lowest BCUT2D eigenvalue weighted by molar-refractivity contribution is -0.131. The van der Waals surface area contributed by atoms with Crippen molar-refractivity contribution in [1.29, 1.82) is 0 Å². The average Bonchev–Trinajstić information content (AvgIpc) is 2.94. The van der Waals surface area contributed by atoms with Gasteiger partial charge in [0, 0.05) is 20.1 Å². The molecule has 0 saturated carbocycles. The predicted molar refractivity (Wildman–Crippen MR) is 122 cm³/mol. The van der Waals surface area contributed by atoms with Gasteiger partial charge in [0.05, 0.1) is 0 Å². The lowest BCUT2D eigenvalue weighted by Gasteiger charge is -2.05. The molecule has 0 aromatic heterocycles. The van der Waals surface area contributed by atoms with Crippen LogP contribution in [0, 0.1) is 0 Å². The van der Waals surface area contributed by atoms with Gasteiger partial charge in [0.25, 0.3) is 0 Å². The third-order valence-corrected chi connectivity index (χ3v) is 5.31. The summed E-state index contributed by atoms with van der Waals surface area (Å²) in [5, 5.41) is 12.3. The van der Waals surface area contributed by atoms with Gasteiger partial charge in [0.15, 0.2) is 11.5 Å². The third-order valence-electron chi connectivity index (χ3n) is 4.43. The van der Waals surface area contributed by atoms with Gasteiger partial charge in [0.1, 0.15) is 5.57 Å². The minimum atomic E-state index is -0.678. The number of hydrogen-bond acceptors (Lipinski definition) is 3. The molecule has 150 valence electrons. The Morgan fingerprint density at radius 1 is 0.700 bits per heavy atom. The second-order valence-electron chi connectivity index (χ2n) is 6.56. The first-order valence-electron chi connectivity index (χ1n) is 8.70. The van der Waals surface area contributed by atoms with Gasteiger partial charge in [-0.15, -0.1) is 0 Å². The molecule has 1 N–H and O–H groups in total. The van der Waals surface area contributed by atoms with E-state index in [2.05, 4.69) is 0 Å². The highest BCUT2D eigenvalue weighted by Gasteiger charge is 2.31. The van der Waals surface area contributed by atoms with Crippen LogP contribution in [0.25, 0.3) is 22.8 Å². The number of carbonyl (C=O) groups excluding carboxylic acids is 1. The molecule has 0 radical (unpaired) electrons. The van der Waals surface area contributed by atoms with E-state index in [-0.39, 0.29) is 17.1 Å². The summed E-state index contributed by atoms with van der Waals surface area (Å²) in [7, 11) is 0. The molecule has 7 heteroatoms. The molecule has 0 atom stereocenters. The summed E-state index contributed by atoms with van der Waals surface area (Å²) in [6.07, 6.45) is 1.57. The van der Waals surface area contributed by atoms with Crippen molar-refractivity contribution in [3.05, 3.63) is 103 Å². The predicted octanol–water partition coefficient (Wildman–Crippen LogP) is 7.83. The van der Waals surface area contributed by atoms with Crippen LogP contribution in [0.4, 0.5) is 0 Å². The molecule has 3 aromatic carbocycles. The van der Waals surface area contributed by atoms with Crippen LogP contribution in [0.15, 0.2) is 72.2 Å². The van der Waals surface area contributed by atoms with E-state index in [0.29, 0.717) is 25.7 Å². The fourth-order valence-electron chi connectivity index (χ4n) is 3.11. The van der Waals surface area contributed by atoms with Crippen molar-refractivity contribution >= 4 is 64.0 Å². The Morgan fingerprint density at radius 2 is 1.20 bits per heavy atom. The molecule has 30 heavy (non-hydrogen) atoms. The van der Waals surface area contributed by atoms with Crippen molar-refractivity contribution in [3.8, 4) is 11.1 Å². The summed E-state index contributed by atoms with van der Waals surface area (Å²) in [4.78, 5) is 12.3. The Balaban J connectivity index is 1.66. The monoisotopic (exact) mass is 476 g/mol. The summed E-state index contributed by atoms with van der Waals surface area (Å²) in [6, 6.07) is 17.3. The van der Waals surface area contributed by atoms with E-state index in [1.807, 2.05) is 36.4 Å². The molecule has 3 aromatic rings. The van der Waals surface area contributed by atoms with Crippen LogP contribution in [0.1, 0.15) is 11.1 Å². The third kappa shape index (κ3) is 4.35. The highest BCUT2D eigenvalue weighted by atomic mass is 35.5. The fraction of sp³-hybridized carbons (Fsp3) is 0. The van der Waals surface area contributed by atoms with E-state index in [1.165, 1.54) is 18.2 Å². The van der Waals surface area contributed by atoms with Crippen molar-refractivity contribution < 1.29 is 14.6 Å². The fourth-order valence-corrected chi connectivity index (χ4v) is 4.17. The quantitative estimate of drug-likeness (QED) is 0.391. The standard InChI is InChI=1S/C23H12Cl4O3/c24-16-6-14(7-17(25)10-16)13-3-1-12(2-4-13)5-20-22(28)21(23(29)30-20)15-8-18(26)11-19(27)9-15/h1-11,28H/b20-5-. The molecule has 0 bridgehead atoms. The SMILES string of the molecule is O=C1O/C(=C\c2ccc(-c3cc(Cl)cc(Cl)c3)cc2)C(O)=C1c1cc(Cl)cc(Cl)c1. The second-order valence-corrected chi connectivity index (χ2v) is 8.31. The van der Waals surface area contributed by atoms with E-state index >= 15 is 0 Å². The van der Waals surface area contributed by atoms with E-state index in [9.17, 15) is 9.90 Å². The second kappa shape index (κ2) is 8.37.